The lowest BCUT2D eigenvalue weighted by Gasteiger charge is -2.31. The minimum atomic E-state index is -0.884. The molecule has 3 amide bonds. The molecule has 4 unspecified atom stereocenters. The minimum absolute atomic E-state index is 0.00544. The van der Waals surface area contributed by atoms with Crippen LogP contribution in [0, 0.1) is 0 Å². The van der Waals surface area contributed by atoms with Crippen LogP contribution in [0.4, 0.5) is 0 Å². The molecule has 13 nitrogen and oxygen atoms in total. The number of nitrogens with zero attached hydrogens (tertiary/aromatic N) is 1. The van der Waals surface area contributed by atoms with E-state index in [1.807, 2.05) is 0 Å². The second-order valence-electron chi connectivity index (χ2n) is 15.6. The Kier molecular flexibility index (Phi) is 18.0. The van der Waals surface area contributed by atoms with Crippen LogP contribution in [0.5, 0.6) is 0 Å². The van der Waals surface area contributed by atoms with Crippen molar-refractivity contribution in [3.63, 3.8) is 0 Å². The average Bonchev–Trinajstić information content (AvgIpc) is 3.50. The van der Waals surface area contributed by atoms with Gasteiger partial charge in [-0.05, 0) is 63.8 Å². The smallest absolute Gasteiger partial charge is 0.339 e. The number of ether oxygens (including phenoxy) is 4. The van der Waals surface area contributed by atoms with Crippen molar-refractivity contribution in [2.45, 2.75) is 147 Å². The molecule has 55 heavy (non-hydrogen) atoms. The number of rotatable bonds is 21. The highest BCUT2D eigenvalue weighted by atomic mass is 16.8. The molecule has 13 heteroatoms. The number of fused-ring (bicyclic) bond motifs is 1. The lowest BCUT2D eigenvalue weighted by Crippen LogP contribution is -2.44. The van der Waals surface area contributed by atoms with Crippen LogP contribution in [-0.4, -0.2) is 103 Å². The fourth-order valence-electron chi connectivity index (χ4n) is 6.54. The van der Waals surface area contributed by atoms with Crippen molar-refractivity contribution in [1.29, 1.82) is 0 Å². The number of amides is 3. The van der Waals surface area contributed by atoms with E-state index in [2.05, 4.69) is 24.5 Å². The van der Waals surface area contributed by atoms with E-state index in [0.29, 0.717) is 24.0 Å². The topological polar surface area (TPSA) is 170 Å². The first-order valence-electron chi connectivity index (χ1n) is 19.8. The molecule has 4 atom stereocenters. The Labute approximate surface area is 326 Å². The van der Waals surface area contributed by atoms with Crippen molar-refractivity contribution in [2.24, 2.45) is 0 Å². The van der Waals surface area contributed by atoms with Crippen molar-refractivity contribution in [3.05, 3.63) is 53.1 Å². The Morgan fingerprint density at radius 2 is 1.67 bits per heavy atom. The van der Waals surface area contributed by atoms with Gasteiger partial charge >= 0.3 is 11.9 Å². The van der Waals surface area contributed by atoms with Gasteiger partial charge in [-0.3, -0.25) is 19.2 Å². The largest absolute Gasteiger partial charge is 0.460 e. The van der Waals surface area contributed by atoms with Gasteiger partial charge in [-0.1, -0.05) is 57.7 Å². The van der Waals surface area contributed by atoms with Crippen LogP contribution in [0.3, 0.4) is 0 Å². The summed E-state index contributed by atoms with van der Waals surface area (Å²) < 4.78 is 24.9. The monoisotopic (exact) mass is 769 g/mol. The molecule has 306 valence electrons. The number of carbonyl (C=O) groups is 5. The Morgan fingerprint density at radius 1 is 1.00 bits per heavy atom. The fraction of sp³-hybridized carbons (Fsp3) is 0.643. The molecule has 3 rings (SSSR count). The number of aliphatic hydroxyl groups excluding tert-OH is 1. The second kappa shape index (κ2) is 21.9. The van der Waals surface area contributed by atoms with Gasteiger partial charge in [-0.25, -0.2) is 4.79 Å². The van der Waals surface area contributed by atoms with E-state index in [1.165, 1.54) is 11.0 Å². The first-order valence-corrected chi connectivity index (χ1v) is 19.8. The van der Waals surface area contributed by atoms with E-state index in [-0.39, 0.29) is 50.3 Å². The van der Waals surface area contributed by atoms with Gasteiger partial charge in [0.15, 0.2) is 5.79 Å². The minimum Gasteiger partial charge on any atom is -0.460 e. The highest BCUT2D eigenvalue weighted by Crippen LogP contribution is 2.43. The zero-order valence-electron chi connectivity index (χ0n) is 33.8. The van der Waals surface area contributed by atoms with Gasteiger partial charge in [-0.2, -0.15) is 0 Å². The number of hydrogen-bond donors (Lipinski definition) is 3. The van der Waals surface area contributed by atoms with E-state index in [0.717, 1.165) is 38.5 Å². The van der Waals surface area contributed by atoms with Crippen molar-refractivity contribution >= 4 is 35.7 Å². The van der Waals surface area contributed by atoms with E-state index >= 15 is 0 Å². The number of carbonyl (C=O) groups excluding carboxylic acids is 5. The van der Waals surface area contributed by atoms with Crippen LogP contribution >= 0.6 is 0 Å². The number of esters is 2. The maximum absolute atomic E-state index is 13.8. The molecule has 1 aliphatic carbocycles. The molecule has 2 aliphatic rings. The summed E-state index contributed by atoms with van der Waals surface area (Å²) >= 11 is 0. The Bertz CT molecular complexity index is 1500. The van der Waals surface area contributed by atoms with Gasteiger partial charge in [0.05, 0.1) is 18.2 Å². The van der Waals surface area contributed by atoms with E-state index < -0.39 is 59.5 Å². The third-order valence-electron chi connectivity index (χ3n) is 9.42. The van der Waals surface area contributed by atoms with Crippen LogP contribution in [-0.2, 0) is 38.1 Å². The van der Waals surface area contributed by atoms with E-state index in [4.69, 9.17) is 18.9 Å². The summed E-state index contributed by atoms with van der Waals surface area (Å²) in [4.78, 5) is 65.9. The summed E-state index contributed by atoms with van der Waals surface area (Å²) in [7, 11) is 3.28. The van der Waals surface area contributed by atoms with Gasteiger partial charge < -0.3 is 39.6 Å². The number of likely N-dealkylation sites (N-methyl/N-ethyl adjacent to an activating group) is 1. The van der Waals surface area contributed by atoms with Crippen molar-refractivity contribution in [2.75, 3.05) is 27.2 Å². The molecule has 1 saturated heterocycles. The molecule has 0 radical (unpaired) electrons. The zero-order valence-corrected chi connectivity index (χ0v) is 33.8. The third kappa shape index (κ3) is 14.8. The summed E-state index contributed by atoms with van der Waals surface area (Å²) in [5.41, 5.74) is 0.477. The predicted molar refractivity (Wildman–Crippen MR) is 209 cm³/mol. The van der Waals surface area contributed by atoms with Crippen LogP contribution in [0.2, 0.25) is 0 Å². The van der Waals surface area contributed by atoms with Gasteiger partial charge in [-0.15, -0.1) is 0 Å². The van der Waals surface area contributed by atoms with Crippen molar-refractivity contribution in [3.8, 4) is 0 Å². The number of unbranched alkanes of at least 4 members (excludes halogenated alkanes) is 4. The number of hydrogen-bond acceptors (Lipinski definition) is 10. The highest BCUT2D eigenvalue weighted by Gasteiger charge is 2.52. The average molecular weight is 770 g/mol. The molecule has 3 N–H and O–H groups in total. The molecule has 1 aromatic carbocycles. The SMILES string of the molecule is CCCCCC1(CCCCC)OC2C=C(C(=O)NCCC(=O)NC(CO)CCC(=O)OC(C)(C)C)CC(OC(=O)c3ccccc3C=CC(=O)N(C)C)C2O1. The van der Waals surface area contributed by atoms with E-state index in [1.54, 1.807) is 71.3 Å². The normalized spacial score (nSPS) is 19.6. The number of benzene rings is 1. The van der Waals surface area contributed by atoms with Gasteiger partial charge in [0.2, 0.25) is 17.7 Å². The number of nitrogens with one attached hydrogen (secondary N) is 2. The molecule has 0 bridgehead atoms. The molecule has 1 aromatic rings. The molecule has 0 aromatic heterocycles. The summed E-state index contributed by atoms with van der Waals surface area (Å²) in [6.07, 6.45) is 9.98. The van der Waals surface area contributed by atoms with Crippen molar-refractivity contribution < 1.29 is 48.0 Å². The molecule has 1 aliphatic heterocycles. The Morgan fingerprint density at radius 3 is 2.29 bits per heavy atom. The summed E-state index contributed by atoms with van der Waals surface area (Å²) in [6.45, 7) is 9.21. The first kappa shape index (κ1) is 45.3. The summed E-state index contributed by atoms with van der Waals surface area (Å²) in [5.74, 6) is -2.99. The first-order chi connectivity index (χ1) is 26.1. The standard InChI is InChI=1S/C42H63N3O10/c1-8-10-14-23-42(24-15-11-9-2)53-34-27-30(39(50)43-25-22-35(47)44-31(28-46)19-21-37(49)54-41(3,4)5)26-33(38(34)55-42)52-40(51)32-17-13-12-16-29(32)18-20-36(48)45(6)7/h12-13,16-18,20,27,31,33-34,38,46H,8-11,14-15,19,21-26,28H2,1-7H3,(H,43,50)(H,44,47). The van der Waals surface area contributed by atoms with Crippen LogP contribution in [0.15, 0.2) is 42.0 Å². The van der Waals surface area contributed by atoms with E-state index in [9.17, 15) is 29.1 Å². The molecule has 1 fully saturated rings. The summed E-state index contributed by atoms with van der Waals surface area (Å²) in [6, 6.07) is 6.18. The Balaban J connectivity index is 1.76. The molecule has 1 heterocycles. The molecule has 0 spiro atoms. The maximum Gasteiger partial charge on any atom is 0.339 e. The quantitative estimate of drug-likeness (QED) is 0.0838. The van der Waals surface area contributed by atoms with Crippen LogP contribution < -0.4 is 10.6 Å². The van der Waals surface area contributed by atoms with Crippen LogP contribution in [0.25, 0.3) is 6.08 Å². The van der Waals surface area contributed by atoms with Gasteiger partial charge in [0.25, 0.3) is 0 Å². The molecular formula is C42H63N3O10. The highest BCUT2D eigenvalue weighted by molar-refractivity contribution is 5.97. The molecular weight excluding hydrogens is 706 g/mol. The zero-order chi connectivity index (χ0) is 40.6. The second-order valence-corrected chi connectivity index (χ2v) is 15.6. The van der Waals surface area contributed by atoms with Crippen LogP contribution in [0.1, 0.15) is 128 Å². The lowest BCUT2D eigenvalue weighted by atomic mass is 9.91. The number of aliphatic hydroxyl groups is 1. The van der Waals surface area contributed by atoms with Crippen molar-refractivity contribution in [1.82, 2.24) is 15.5 Å². The maximum atomic E-state index is 13.8. The lowest BCUT2D eigenvalue weighted by molar-refractivity contribution is -0.190. The van der Waals surface area contributed by atoms with Gasteiger partial charge in [0, 0.05) is 64.4 Å². The fourth-order valence-corrected chi connectivity index (χ4v) is 6.54. The molecule has 0 saturated carbocycles. The van der Waals surface area contributed by atoms with Gasteiger partial charge in [0.1, 0.15) is 23.9 Å². The summed E-state index contributed by atoms with van der Waals surface area (Å²) in [5, 5.41) is 15.3. The predicted octanol–water partition coefficient (Wildman–Crippen LogP) is 5.39. The third-order valence-corrected chi connectivity index (χ3v) is 9.42. The Hall–Kier alpha value is -4.07.